The molecule has 1 aromatic carbocycles. The van der Waals surface area contributed by atoms with E-state index in [1.807, 2.05) is 24.3 Å². The highest BCUT2D eigenvalue weighted by Crippen LogP contribution is 2.14. The molecule has 0 saturated carbocycles. The SMILES string of the molecule is CC(C)COc1cccc(CNC(=O)N2CCOC(CN(C)CC(=O)O)C2)c1. The van der Waals surface area contributed by atoms with Gasteiger partial charge in [0.1, 0.15) is 5.75 Å². The Morgan fingerprint density at radius 2 is 2.21 bits per heavy atom. The van der Waals surface area contributed by atoms with Gasteiger partial charge in [0, 0.05) is 26.2 Å². The molecule has 28 heavy (non-hydrogen) atoms. The van der Waals surface area contributed by atoms with Gasteiger partial charge in [0.2, 0.25) is 0 Å². The minimum atomic E-state index is -0.882. The van der Waals surface area contributed by atoms with E-state index in [0.29, 0.717) is 45.3 Å². The highest BCUT2D eigenvalue weighted by Gasteiger charge is 2.25. The highest BCUT2D eigenvalue weighted by atomic mass is 16.5. The summed E-state index contributed by atoms with van der Waals surface area (Å²) in [5, 5.41) is 11.8. The normalized spacial score (nSPS) is 17.0. The predicted molar refractivity (Wildman–Crippen MR) is 105 cm³/mol. The van der Waals surface area contributed by atoms with Crippen molar-refractivity contribution in [1.29, 1.82) is 0 Å². The van der Waals surface area contributed by atoms with Gasteiger partial charge in [0.25, 0.3) is 0 Å². The molecule has 0 aliphatic carbocycles. The van der Waals surface area contributed by atoms with Crippen molar-refractivity contribution in [3.63, 3.8) is 0 Å². The number of hydrogen-bond acceptors (Lipinski definition) is 5. The Labute approximate surface area is 166 Å². The topological polar surface area (TPSA) is 91.3 Å². The largest absolute Gasteiger partial charge is 0.493 e. The van der Waals surface area contributed by atoms with E-state index in [-0.39, 0.29) is 18.7 Å². The number of urea groups is 1. The molecule has 1 unspecified atom stereocenters. The number of carbonyl (C=O) groups excluding carboxylic acids is 1. The third-order valence-electron chi connectivity index (χ3n) is 4.27. The number of nitrogens with one attached hydrogen (secondary N) is 1. The molecule has 1 aliphatic heterocycles. The van der Waals surface area contributed by atoms with Gasteiger partial charge in [-0.15, -0.1) is 0 Å². The average molecular weight is 393 g/mol. The average Bonchev–Trinajstić information content (AvgIpc) is 2.64. The van der Waals surface area contributed by atoms with Gasteiger partial charge >= 0.3 is 12.0 Å². The number of carbonyl (C=O) groups is 2. The first-order chi connectivity index (χ1) is 13.3. The van der Waals surface area contributed by atoms with E-state index < -0.39 is 5.97 Å². The lowest BCUT2D eigenvalue weighted by Gasteiger charge is -2.34. The maximum atomic E-state index is 12.5. The molecule has 1 heterocycles. The van der Waals surface area contributed by atoms with Crippen molar-refractivity contribution < 1.29 is 24.2 Å². The van der Waals surface area contributed by atoms with Crippen molar-refractivity contribution in [3.05, 3.63) is 29.8 Å². The maximum Gasteiger partial charge on any atom is 0.317 e. The second-order valence-corrected chi connectivity index (χ2v) is 7.54. The summed E-state index contributed by atoms with van der Waals surface area (Å²) in [7, 11) is 1.73. The maximum absolute atomic E-state index is 12.5. The predicted octanol–water partition coefficient (Wildman–Crippen LogP) is 1.65. The zero-order valence-electron chi connectivity index (χ0n) is 16.9. The van der Waals surface area contributed by atoms with E-state index in [9.17, 15) is 9.59 Å². The van der Waals surface area contributed by atoms with E-state index in [2.05, 4.69) is 19.2 Å². The Bertz CT molecular complexity index is 652. The first-order valence-corrected chi connectivity index (χ1v) is 9.60. The second kappa shape index (κ2) is 10.9. The number of likely N-dealkylation sites (N-methyl/N-ethyl adjacent to an activating group) is 1. The monoisotopic (exact) mass is 393 g/mol. The van der Waals surface area contributed by atoms with Crippen LogP contribution in [-0.4, -0.2) is 79.5 Å². The lowest BCUT2D eigenvalue weighted by molar-refractivity contribution is -0.138. The molecular formula is C20H31N3O5. The molecular weight excluding hydrogens is 362 g/mol. The van der Waals surface area contributed by atoms with Crippen molar-refractivity contribution in [3.8, 4) is 5.75 Å². The summed E-state index contributed by atoms with van der Waals surface area (Å²) in [6, 6.07) is 7.56. The van der Waals surface area contributed by atoms with Crippen LogP contribution in [0.3, 0.4) is 0 Å². The zero-order valence-corrected chi connectivity index (χ0v) is 16.9. The van der Waals surface area contributed by atoms with Gasteiger partial charge < -0.3 is 24.8 Å². The molecule has 1 aliphatic rings. The highest BCUT2D eigenvalue weighted by molar-refractivity contribution is 5.74. The van der Waals surface area contributed by atoms with E-state index in [0.717, 1.165) is 11.3 Å². The van der Waals surface area contributed by atoms with Gasteiger partial charge in [0.05, 0.1) is 25.9 Å². The number of carboxylic acids is 1. The lowest BCUT2D eigenvalue weighted by Crippen LogP contribution is -2.52. The Hall–Kier alpha value is -2.32. The molecule has 0 bridgehead atoms. The van der Waals surface area contributed by atoms with E-state index in [1.165, 1.54) is 0 Å². The van der Waals surface area contributed by atoms with Crippen LogP contribution in [0.5, 0.6) is 5.75 Å². The molecule has 2 N–H and O–H groups in total. The molecule has 0 spiro atoms. The fourth-order valence-electron chi connectivity index (χ4n) is 2.95. The molecule has 0 radical (unpaired) electrons. The fourth-order valence-corrected chi connectivity index (χ4v) is 2.95. The summed E-state index contributed by atoms with van der Waals surface area (Å²) >= 11 is 0. The van der Waals surface area contributed by atoms with Crippen molar-refractivity contribution in [1.82, 2.24) is 15.1 Å². The molecule has 2 amide bonds. The van der Waals surface area contributed by atoms with Crippen LogP contribution in [0.15, 0.2) is 24.3 Å². The van der Waals surface area contributed by atoms with Gasteiger partial charge in [-0.05, 0) is 30.7 Å². The van der Waals surface area contributed by atoms with Gasteiger partial charge in [-0.3, -0.25) is 9.69 Å². The smallest absolute Gasteiger partial charge is 0.317 e. The lowest BCUT2D eigenvalue weighted by atomic mass is 10.2. The molecule has 1 aromatic rings. The van der Waals surface area contributed by atoms with Gasteiger partial charge in [-0.25, -0.2) is 4.79 Å². The van der Waals surface area contributed by atoms with Crippen LogP contribution >= 0.6 is 0 Å². The molecule has 8 heteroatoms. The van der Waals surface area contributed by atoms with Gasteiger partial charge in [-0.1, -0.05) is 26.0 Å². The molecule has 8 nitrogen and oxygen atoms in total. The Balaban J connectivity index is 1.80. The standard InChI is InChI=1S/C20H31N3O5/c1-15(2)14-28-17-6-4-5-16(9-17)10-21-20(26)23-7-8-27-18(12-23)11-22(3)13-19(24)25/h4-6,9,15,18H,7-8,10-14H2,1-3H3,(H,21,26)(H,24,25). The van der Waals surface area contributed by atoms with Crippen LogP contribution in [0.1, 0.15) is 19.4 Å². The van der Waals surface area contributed by atoms with Crippen LogP contribution in [0.2, 0.25) is 0 Å². The number of ether oxygens (including phenoxy) is 2. The Morgan fingerprint density at radius 1 is 1.43 bits per heavy atom. The summed E-state index contributed by atoms with van der Waals surface area (Å²) < 4.78 is 11.4. The van der Waals surface area contributed by atoms with Crippen molar-refractivity contribution in [2.24, 2.45) is 5.92 Å². The van der Waals surface area contributed by atoms with Crippen LogP contribution in [0.4, 0.5) is 4.79 Å². The summed E-state index contributed by atoms with van der Waals surface area (Å²) in [4.78, 5) is 26.7. The number of hydrogen-bond donors (Lipinski definition) is 2. The second-order valence-electron chi connectivity index (χ2n) is 7.54. The molecule has 1 fully saturated rings. The van der Waals surface area contributed by atoms with Gasteiger partial charge in [0.15, 0.2) is 0 Å². The number of morpholine rings is 1. The zero-order chi connectivity index (χ0) is 20.5. The summed E-state index contributed by atoms with van der Waals surface area (Å²) in [5.74, 6) is 0.369. The molecule has 0 aromatic heterocycles. The number of nitrogens with zero attached hydrogens (tertiary/aromatic N) is 2. The molecule has 2 rings (SSSR count). The third-order valence-corrected chi connectivity index (χ3v) is 4.27. The van der Waals surface area contributed by atoms with Crippen molar-refractivity contribution >= 4 is 12.0 Å². The summed E-state index contributed by atoms with van der Waals surface area (Å²) in [6.07, 6.45) is -0.198. The molecule has 1 saturated heterocycles. The number of benzene rings is 1. The Morgan fingerprint density at radius 3 is 2.93 bits per heavy atom. The molecule has 1 atom stereocenters. The van der Waals surface area contributed by atoms with E-state index in [1.54, 1.807) is 16.8 Å². The van der Waals surface area contributed by atoms with Crippen LogP contribution in [0.25, 0.3) is 0 Å². The minimum absolute atomic E-state index is 0.0543. The number of carboxylic acid groups (broad SMARTS) is 1. The van der Waals surface area contributed by atoms with Crippen LogP contribution in [0, 0.1) is 5.92 Å². The number of aliphatic carboxylic acids is 1. The van der Waals surface area contributed by atoms with Crippen molar-refractivity contribution in [2.75, 3.05) is 46.4 Å². The van der Waals surface area contributed by atoms with E-state index >= 15 is 0 Å². The number of amides is 2. The summed E-state index contributed by atoms with van der Waals surface area (Å²) in [5.41, 5.74) is 0.973. The van der Waals surface area contributed by atoms with E-state index in [4.69, 9.17) is 14.6 Å². The fraction of sp³-hybridized carbons (Fsp3) is 0.600. The van der Waals surface area contributed by atoms with Crippen LogP contribution < -0.4 is 10.1 Å². The quantitative estimate of drug-likeness (QED) is 0.663. The van der Waals surface area contributed by atoms with Crippen LogP contribution in [-0.2, 0) is 16.1 Å². The summed E-state index contributed by atoms with van der Waals surface area (Å²) in [6.45, 7) is 7.07. The third kappa shape index (κ3) is 7.74. The first-order valence-electron chi connectivity index (χ1n) is 9.60. The first kappa shape index (κ1) is 22.0. The Kier molecular flexibility index (Phi) is 8.53. The van der Waals surface area contributed by atoms with Crippen molar-refractivity contribution in [2.45, 2.75) is 26.5 Å². The van der Waals surface area contributed by atoms with Gasteiger partial charge in [-0.2, -0.15) is 0 Å². The molecule has 156 valence electrons. The minimum Gasteiger partial charge on any atom is -0.493 e. The number of rotatable bonds is 9.